The Kier molecular flexibility index (Phi) is 8.92. The van der Waals surface area contributed by atoms with E-state index < -0.39 is 0 Å². The van der Waals surface area contributed by atoms with Gasteiger partial charge in [0.05, 0.1) is 25.8 Å². The van der Waals surface area contributed by atoms with E-state index in [2.05, 4.69) is 15.6 Å². The molecule has 0 aromatic heterocycles. The van der Waals surface area contributed by atoms with Crippen LogP contribution in [0, 0.1) is 0 Å². The van der Waals surface area contributed by atoms with Crippen molar-refractivity contribution >= 4 is 11.9 Å². The van der Waals surface area contributed by atoms with E-state index in [1.54, 1.807) is 19.0 Å². The Hall–Kier alpha value is -2.12. The van der Waals surface area contributed by atoms with Crippen molar-refractivity contribution in [2.75, 3.05) is 47.0 Å². The van der Waals surface area contributed by atoms with Crippen molar-refractivity contribution in [2.45, 2.75) is 25.5 Å². The standard InChI is InChI=1S/C19H30N4O3/c1-23(2)18(24)14-22-19(21-13-16-7-4-3-5-8-16)20-10-6-11-26-17-9-12-25-15-17/h3-5,7-8,17H,6,9-15H2,1-2H3,(H2,20,21,22). The first-order valence-corrected chi connectivity index (χ1v) is 9.11. The van der Waals surface area contributed by atoms with Crippen LogP contribution in [-0.4, -0.2) is 69.9 Å². The molecule has 1 heterocycles. The summed E-state index contributed by atoms with van der Waals surface area (Å²) in [6.45, 7) is 3.67. The summed E-state index contributed by atoms with van der Waals surface area (Å²) in [5.41, 5.74) is 1.12. The summed E-state index contributed by atoms with van der Waals surface area (Å²) >= 11 is 0. The van der Waals surface area contributed by atoms with Crippen molar-refractivity contribution in [1.29, 1.82) is 0 Å². The van der Waals surface area contributed by atoms with Gasteiger partial charge in [-0.2, -0.15) is 0 Å². The lowest BCUT2D eigenvalue weighted by molar-refractivity contribution is -0.127. The van der Waals surface area contributed by atoms with E-state index in [0.717, 1.165) is 31.6 Å². The Bertz CT molecular complexity index is 557. The molecule has 2 N–H and O–H groups in total. The Balaban J connectivity index is 1.76. The zero-order valence-electron chi connectivity index (χ0n) is 15.7. The van der Waals surface area contributed by atoms with Crippen molar-refractivity contribution in [2.24, 2.45) is 4.99 Å². The average Bonchev–Trinajstić information content (AvgIpc) is 3.17. The molecule has 2 rings (SSSR count). The van der Waals surface area contributed by atoms with E-state index in [1.165, 1.54) is 0 Å². The Labute approximate surface area is 155 Å². The van der Waals surface area contributed by atoms with Crippen LogP contribution >= 0.6 is 0 Å². The van der Waals surface area contributed by atoms with E-state index >= 15 is 0 Å². The number of nitrogens with zero attached hydrogens (tertiary/aromatic N) is 2. The molecule has 1 unspecified atom stereocenters. The molecule has 7 nitrogen and oxygen atoms in total. The molecule has 1 amide bonds. The summed E-state index contributed by atoms with van der Waals surface area (Å²) in [7, 11) is 3.48. The van der Waals surface area contributed by atoms with Crippen molar-refractivity contribution in [1.82, 2.24) is 15.5 Å². The van der Waals surface area contributed by atoms with E-state index in [4.69, 9.17) is 9.47 Å². The van der Waals surface area contributed by atoms with E-state index in [9.17, 15) is 4.79 Å². The number of hydrogen-bond acceptors (Lipinski definition) is 4. The highest BCUT2D eigenvalue weighted by molar-refractivity contribution is 5.86. The second-order valence-corrected chi connectivity index (χ2v) is 6.43. The van der Waals surface area contributed by atoms with Crippen molar-refractivity contribution in [3.63, 3.8) is 0 Å². The monoisotopic (exact) mass is 362 g/mol. The van der Waals surface area contributed by atoms with Gasteiger partial charge in [-0.25, -0.2) is 4.99 Å². The maximum atomic E-state index is 11.8. The number of amides is 1. The minimum absolute atomic E-state index is 0.00350. The molecule has 1 saturated heterocycles. The smallest absolute Gasteiger partial charge is 0.241 e. The number of nitrogens with one attached hydrogen (secondary N) is 2. The molecule has 1 atom stereocenters. The first-order chi connectivity index (χ1) is 12.6. The number of hydrogen-bond donors (Lipinski definition) is 2. The first-order valence-electron chi connectivity index (χ1n) is 9.11. The Morgan fingerprint density at radius 1 is 1.31 bits per heavy atom. The van der Waals surface area contributed by atoms with E-state index in [0.29, 0.717) is 25.7 Å². The van der Waals surface area contributed by atoms with Crippen molar-refractivity contribution < 1.29 is 14.3 Å². The third-order valence-corrected chi connectivity index (χ3v) is 4.02. The van der Waals surface area contributed by atoms with Gasteiger partial charge in [0.1, 0.15) is 0 Å². The second kappa shape index (κ2) is 11.5. The topological polar surface area (TPSA) is 75.2 Å². The summed E-state index contributed by atoms with van der Waals surface area (Å²) in [6, 6.07) is 10.0. The molecule has 1 aliphatic heterocycles. The number of likely N-dealkylation sites (N-methyl/N-ethyl adjacent to an activating group) is 1. The van der Waals surface area contributed by atoms with Crippen LogP contribution in [0.4, 0.5) is 0 Å². The van der Waals surface area contributed by atoms with Gasteiger partial charge >= 0.3 is 0 Å². The molecule has 0 spiro atoms. The quantitative estimate of drug-likeness (QED) is 0.390. The fourth-order valence-electron chi connectivity index (χ4n) is 2.42. The highest BCUT2D eigenvalue weighted by Crippen LogP contribution is 2.07. The highest BCUT2D eigenvalue weighted by Gasteiger charge is 2.15. The summed E-state index contributed by atoms with van der Waals surface area (Å²) < 4.78 is 11.1. The molecule has 144 valence electrons. The number of ether oxygens (including phenoxy) is 2. The van der Waals surface area contributed by atoms with Gasteiger partial charge in [0, 0.05) is 33.9 Å². The fraction of sp³-hybridized carbons (Fsp3) is 0.579. The summed E-state index contributed by atoms with van der Waals surface area (Å²) in [5.74, 6) is 0.636. The number of carbonyl (C=O) groups excluding carboxylic acids is 1. The largest absolute Gasteiger partial charge is 0.379 e. The minimum atomic E-state index is 0.00350. The third-order valence-electron chi connectivity index (χ3n) is 4.02. The fourth-order valence-corrected chi connectivity index (χ4v) is 2.42. The normalized spacial score (nSPS) is 17.2. The average molecular weight is 362 g/mol. The van der Waals surface area contributed by atoms with Gasteiger partial charge in [0.2, 0.25) is 5.91 Å². The van der Waals surface area contributed by atoms with E-state index in [1.807, 2.05) is 30.3 Å². The molecule has 7 heteroatoms. The molecule has 0 bridgehead atoms. The van der Waals surface area contributed by atoms with Crippen LogP contribution in [-0.2, 0) is 20.8 Å². The minimum Gasteiger partial charge on any atom is -0.379 e. The van der Waals surface area contributed by atoms with Crippen molar-refractivity contribution in [3.05, 3.63) is 35.9 Å². The maximum Gasteiger partial charge on any atom is 0.241 e. The number of carbonyl (C=O) groups is 1. The van der Waals surface area contributed by atoms with Crippen LogP contribution in [0.5, 0.6) is 0 Å². The molecule has 1 aromatic carbocycles. The highest BCUT2D eigenvalue weighted by atomic mass is 16.5. The number of benzene rings is 1. The molecule has 26 heavy (non-hydrogen) atoms. The lowest BCUT2D eigenvalue weighted by Gasteiger charge is -2.15. The predicted octanol–water partition coefficient (Wildman–Crippen LogP) is 1.01. The lowest BCUT2D eigenvalue weighted by atomic mass is 10.2. The Morgan fingerprint density at radius 2 is 2.12 bits per heavy atom. The third kappa shape index (κ3) is 7.84. The van der Waals surface area contributed by atoms with Gasteiger partial charge in [-0.05, 0) is 18.4 Å². The number of rotatable bonds is 9. The molecule has 0 saturated carbocycles. The zero-order chi connectivity index (χ0) is 18.6. The van der Waals surface area contributed by atoms with Gasteiger partial charge < -0.3 is 25.0 Å². The van der Waals surface area contributed by atoms with Gasteiger partial charge in [-0.1, -0.05) is 30.3 Å². The number of aliphatic imine (C=N–C) groups is 1. The Morgan fingerprint density at radius 3 is 2.81 bits per heavy atom. The molecule has 0 aliphatic carbocycles. The van der Waals surface area contributed by atoms with Crippen LogP contribution in [0.15, 0.2) is 35.3 Å². The molecular weight excluding hydrogens is 332 g/mol. The summed E-state index contributed by atoms with van der Waals surface area (Å²) in [4.78, 5) is 17.9. The van der Waals surface area contributed by atoms with Crippen LogP contribution in [0.3, 0.4) is 0 Å². The predicted molar refractivity (Wildman–Crippen MR) is 102 cm³/mol. The van der Waals surface area contributed by atoms with Gasteiger partial charge in [0.15, 0.2) is 5.96 Å². The van der Waals surface area contributed by atoms with Crippen LogP contribution in [0.25, 0.3) is 0 Å². The molecule has 1 aliphatic rings. The zero-order valence-corrected chi connectivity index (χ0v) is 15.7. The summed E-state index contributed by atoms with van der Waals surface area (Å²) in [6.07, 6.45) is 2.08. The van der Waals surface area contributed by atoms with Gasteiger partial charge in [-0.15, -0.1) is 0 Å². The van der Waals surface area contributed by atoms with Gasteiger partial charge in [-0.3, -0.25) is 4.79 Å². The lowest BCUT2D eigenvalue weighted by Crippen LogP contribution is -2.43. The second-order valence-electron chi connectivity index (χ2n) is 6.43. The van der Waals surface area contributed by atoms with Crippen LogP contribution < -0.4 is 10.6 Å². The maximum absolute atomic E-state index is 11.8. The molecular formula is C19H30N4O3. The van der Waals surface area contributed by atoms with E-state index in [-0.39, 0.29) is 18.6 Å². The van der Waals surface area contributed by atoms with Crippen LogP contribution in [0.2, 0.25) is 0 Å². The van der Waals surface area contributed by atoms with Crippen LogP contribution in [0.1, 0.15) is 18.4 Å². The summed E-state index contributed by atoms with van der Waals surface area (Å²) in [5, 5.41) is 6.36. The molecule has 1 aromatic rings. The first kappa shape index (κ1) is 20.2. The van der Waals surface area contributed by atoms with Gasteiger partial charge in [0.25, 0.3) is 0 Å². The van der Waals surface area contributed by atoms with Crippen molar-refractivity contribution in [3.8, 4) is 0 Å². The SMILES string of the molecule is CN(C)C(=O)CNC(=NCc1ccccc1)NCCCOC1CCOC1. The molecule has 1 fully saturated rings. The molecule has 0 radical (unpaired) electrons. The number of guanidine groups is 1.